The number of carbonyl (C=O) groups is 1. The molecule has 3 N–H and O–H groups in total. The molecule has 0 bridgehead atoms. The monoisotopic (exact) mass is 329 g/mol. The Morgan fingerprint density at radius 2 is 1.96 bits per heavy atom. The Labute approximate surface area is 139 Å². The van der Waals surface area contributed by atoms with Gasteiger partial charge in [0.15, 0.2) is 0 Å². The van der Waals surface area contributed by atoms with Gasteiger partial charge in [0.25, 0.3) is 11.6 Å². The fourth-order valence-electron chi connectivity index (χ4n) is 2.24. The maximum absolute atomic E-state index is 12.4. The van der Waals surface area contributed by atoms with Crippen LogP contribution in [0, 0.1) is 24.0 Å². The van der Waals surface area contributed by atoms with Crippen LogP contribution in [0.1, 0.15) is 21.5 Å². The maximum Gasteiger partial charge on any atom is 0.293 e. The predicted octanol–water partition coefficient (Wildman–Crippen LogP) is 2.87. The molecule has 2 rings (SSSR count). The Morgan fingerprint density at radius 3 is 2.62 bits per heavy atom. The van der Waals surface area contributed by atoms with E-state index in [1.165, 1.54) is 18.2 Å². The van der Waals surface area contributed by atoms with Crippen molar-refractivity contribution in [2.45, 2.75) is 13.8 Å². The highest BCUT2D eigenvalue weighted by molar-refractivity contribution is 6.05. The van der Waals surface area contributed by atoms with Crippen molar-refractivity contribution in [2.75, 3.05) is 23.8 Å². The summed E-state index contributed by atoms with van der Waals surface area (Å²) in [6.45, 7) is 3.88. The van der Waals surface area contributed by atoms with Gasteiger partial charge in [-0.15, -0.1) is 0 Å². The van der Waals surface area contributed by atoms with E-state index < -0.39 is 10.8 Å². The van der Waals surface area contributed by atoms with Gasteiger partial charge in [0.1, 0.15) is 5.69 Å². The Balaban J connectivity index is 2.27. The minimum Gasteiger partial charge on any atom is -0.395 e. The third-order valence-corrected chi connectivity index (χ3v) is 3.74. The van der Waals surface area contributed by atoms with E-state index in [1.54, 1.807) is 6.07 Å². The minimum absolute atomic E-state index is 0.147. The molecule has 7 heteroatoms. The van der Waals surface area contributed by atoms with E-state index in [-0.39, 0.29) is 30.1 Å². The van der Waals surface area contributed by atoms with E-state index in [2.05, 4.69) is 10.6 Å². The molecule has 0 atom stereocenters. The molecule has 0 aliphatic heterocycles. The van der Waals surface area contributed by atoms with Crippen LogP contribution in [0.15, 0.2) is 36.4 Å². The number of amides is 1. The van der Waals surface area contributed by atoms with E-state index in [1.807, 2.05) is 26.0 Å². The molecule has 2 aromatic rings. The highest BCUT2D eigenvalue weighted by atomic mass is 16.6. The van der Waals surface area contributed by atoms with E-state index >= 15 is 0 Å². The lowest BCUT2D eigenvalue weighted by Gasteiger charge is -2.11. The maximum atomic E-state index is 12.4. The number of nitrogens with zero attached hydrogens (tertiary/aromatic N) is 1. The molecule has 0 heterocycles. The van der Waals surface area contributed by atoms with Gasteiger partial charge in [0.2, 0.25) is 0 Å². The average Bonchev–Trinajstić information content (AvgIpc) is 2.56. The first-order chi connectivity index (χ1) is 11.4. The van der Waals surface area contributed by atoms with Gasteiger partial charge in [-0.05, 0) is 43.2 Å². The SMILES string of the molecule is Cc1cccc(NC(=O)c2ccc(NCCO)c([N+](=O)[O-])c2)c1C. The van der Waals surface area contributed by atoms with Crippen molar-refractivity contribution in [1.29, 1.82) is 0 Å². The molecule has 0 saturated carbocycles. The molecule has 0 aliphatic rings. The molecule has 0 aromatic heterocycles. The van der Waals surface area contributed by atoms with Crippen molar-refractivity contribution in [3.63, 3.8) is 0 Å². The number of hydrogen-bond donors (Lipinski definition) is 3. The standard InChI is InChI=1S/C17H19N3O4/c1-11-4-3-5-14(12(11)2)19-17(22)13-6-7-15(18-8-9-21)16(10-13)20(23)24/h3-7,10,18,21H,8-9H2,1-2H3,(H,19,22). The number of nitro benzene ring substituents is 1. The van der Waals surface area contributed by atoms with Crippen molar-refractivity contribution >= 4 is 23.0 Å². The molecule has 0 saturated heterocycles. The summed E-state index contributed by atoms with van der Waals surface area (Å²) in [4.78, 5) is 23.0. The van der Waals surface area contributed by atoms with E-state index in [4.69, 9.17) is 5.11 Å². The van der Waals surface area contributed by atoms with Gasteiger partial charge in [-0.25, -0.2) is 0 Å². The number of carbonyl (C=O) groups excluding carboxylic acids is 1. The van der Waals surface area contributed by atoms with Crippen molar-refractivity contribution in [3.05, 3.63) is 63.2 Å². The molecular weight excluding hydrogens is 310 g/mol. The van der Waals surface area contributed by atoms with Crippen LogP contribution < -0.4 is 10.6 Å². The first-order valence-electron chi connectivity index (χ1n) is 7.44. The van der Waals surface area contributed by atoms with Gasteiger partial charge in [-0.1, -0.05) is 12.1 Å². The largest absolute Gasteiger partial charge is 0.395 e. The molecule has 24 heavy (non-hydrogen) atoms. The third kappa shape index (κ3) is 3.88. The van der Waals surface area contributed by atoms with Crippen LogP contribution in [0.3, 0.4) is 0 Å². The molecule has 0 radical (unpaired) electrons. The summed E-state index contributed by atoms with van der Waals surface area (Å²) >= 11 is 0. The quantitative estimate of drug-likeness (QED) is 0.558. The smallest absolute Gasteiger partial charge is 0.293 e. The van der Waals surface area contributed by atoms with Crippen LogP contribution in [0.5, 0.6) is 0 Å². The fourth-order valence-corrected chi connectivity index (χ4v) is 2.24. The number of anilines is 2. The Morgan fingerprint density at radius 1 is 1.21 bits per heavy atom. The lowest BCUT2D eigenvalue weighted by molar-refractivity contribution is -0.384. The number of aliphatic hydroxyl groups is 1. The zero-order chi connectivity index (χ0) is 17.7. The van der Waals surface area contributed by atoms with E-state index in [0.717, 1.165) is 11.1 Å². The summed E-state index contributed by atoms with van der Waals surface area (Å²) in [6.07, 6.45) is 0. The molecule has 7 nitrogen and oxygen atoms in total. The van der Waals surface area contributed by atoms with E-state index in [0.29, 0.717) is 5.69 Å². The number of aryl methyl sites for hydroxylation is 1. The van der Waals surface area contributed by atoms with Crippen LogP contribution >= 0.6 is 0 Å². The number of aliphatic hydroxyl groups excluding tert-OH is 1. The molecule has 1 amide bonds. The number of nitrogens with one attached hydrogen (secondary N) is 2. The van der Waals surface area contributed by atoms with Crippen LogP contribution in [-0.4, -0.2) is 29.1 Å². The zero-order valence-electron chi connectivity index (χ0n) is 13.5. The minimum atomic E-state index is -0.561. The topological polar surface area (TPSA) is 104 Å². The summed E-state index contributed by atoms with van der Waals surface area (Å²) < 4.78 is 0. The summed E-state index contributed by atoms with van der Waals surface area (Å²) in [5.74, 6) is -0.416. The third-order valence-electron chi connectivity index (χ3n) is 3.74. The average molecular weight is 329 g/mol. The van der Waals surface area contributed by atoms with Gasteiger partial charge in [0, 0.05) is 23.9 Å². The second-order valence-electron chi connectivity index (χ2n) is 5.34. The first kappa shape index (κ1) is 17.4. The molecule has 0 unspecified atom stereocenters. The zero-order valence-corrected chi connectivity index (χ0v) is 13.5. The van der Waals surface area contributed by atoms with Gasteiger partial charge in [0.05, 0.1) is 11.5 Å². The molecule has 0 fully saturated rings. The number of hydrogen-bond acceptors (Lipinski definition) is 5. The second kappa shape index (κ2) is 7.56. The first-order valence-corrected chi connectivity index (χ1v) is 7.44. The molecule has 2 aromatic carbocycles. The highest BCUT2D eigenvalue weighted by Gasteiger charge is 2.18. The molecule has 0 aliphatic carbocycles. The summed E-state index contributed by atoms with van der Waals surface area (Å²) in [7, 11) is 0. The number of rotatable bonds is 6. The molecule has 0 spiro atoms. The number of benzene rings is 2. The Kier molecular flexibility index (Phi) is 5.49. The molecular formula is C17H19N3O4. The summed E-state index contributed by atoms with van der Waals surface area (Å²) in [5, 5.41) is 25.5. The van der Waals surface area contributed by atoms with Crippen molar-refractivity contribution in [2.24, 2.45) is 0 Å². The Hall–Kier alpha value is -2.93. The van der Waals surface area contributed by atoms with Crippen molar-refractivity contribution < 1.29 is 14.8 Å². The lowest BCUT2D eigenvalue weighted by Crippen LogP contribution is -2.14. The van der Waals surface area contributed by atoms with Crippen molar-refractivity contribution in [3.8, 4) is 0 Å². The Bertz CT molecular complexity index is 774. The van der Waals surface area contributed by atoms with Crippen LogP contribution in [0.25, 0.3) is 0 Å². The fraction of sp³-hybridized carbons (Fsp3) is 0.235. The lowest BCUT2D eigenvalue weighted by atomic mass is 10.1. The van der Waals surface area contributed by atoms with Gasteiger partial charge < -0.3 is 15.7 Å². The van der Waals surface area contributed by atoms with Crippen LogP contribution in [0.2, 0.25) is 0 Å². The molecule has 126 valence electrons. The highest BCUT2D eigenvalue weighted by Crippen LogP contribution is 2.26. The van der Waals surface area contributed by atoms with Gasteiger partial charge >= 0.3 is 0 Å². The number of nitro groups is 1. The van der Waals surface area contributed by atoms with Crippen molar-refractivity contribution in [1.82, 2.24) is 0 Å². The van der Waals surface area contributed by atoms with Gasteiger partial charge in [-0.3, -0.25) is 14.9 Å². The normalized spacial score (nSPS) is 10.3. The second-order valence-corrected chi connectivity index (χ2v) is 5.34. The summed E-state index contributed by atoms with van der Waals surface area (Å²) in [5.41, 5.74) is 2.90. The van der Waals surface area contributed by atoms with E-state index in [9.17, 15) is 14.9 Å². The van der Waals surface area contributed by atoms with Gasteiger partial charge in [-0.2, -0.15) is 0 Å². The van der Waals surface area contributed by atoms with Crippen LogP contribution in [0.4, 0.5) is 17.1 Å². The summed E-state index contributed by atoms with van der Waals surface area (Å²) in [6, 6.07) is 9.75. The van der Waals surface area contributed by atoms with Crippen LogP contribution in [-0.2, 0) is 0 Å². The predicted molar refractivity (Wildman–Crippen MR) is 92.5 cm³/mol.